The molecule has 0 aliphatic heterocycles. The third-order valence-electron chi connectivity index (χ3n) is 1.50. The Morgan fingerprint density at radius 1 is 1.62 bits per heavy atom. The maximum Gasteiger partial charge on any atom is 0.303 e. The standard InChI is InChI=1S/C8H12N2O2S/c11-7(12)3-1-2-6-13-8-9-4-5-10-8/h4-5H,1-3,6H2,(H,9,10)(H,11,12). The Bertz CT molecular complexity index is 249. The first kappa shape index (κ1) is 10.1. The highest BCUT2D eigenvalue weighted by molar-refractivity contribution is 7.99. The minimum Gasteiger partial charge on any atom is -0.481 e. The van der Waals surface area contributed by atoms with Gasteiger partial charge in [-0.1, -0.05) is 11.8 Å². The van der Waals surface area contributed by atoms with Crippen molar-refractivity contribution in [2.45, 2.75) is 24.4 Å². The summed E-state index contributed by atoms with van der Waals surface area (Å²) >= 11 is 1.62. The number of H-pyrrole nitrogens is 1. The molecule has 13 heavy (non-hydrogen) atoms. The first-order valence-corrected chi connectivity index (χ1v) is 5.11. The number of hydrogen-bond acceptors (Lipinski definition) is 3. The number of nitrogens with one attached hydrogen (secondary N) is 1. The Kier molecular flexibility index (Phi) is 4.39. The maximum absolute atomic E-state index is 10.2. The number of carboxylic acid groups (broad SMARTS) is 1. The summed E-state index contributed by atoms with van der Waals surface area (Å²) in [5.74, 6) is 0.198. The van der Waals surface area contributed by atoms with Crippen LogP contribution in [-0.4, -0.2) is 26.8 Å². The zero-order valence-corrected chi connectivity index (χ0v) is 8.01. The Balaban J connectivity index is 1.99. The van der Waals surface area contributed by atoms with Crippen molar-refractivity contribution >= 4 is 17.7 Å². The quantitative estimate of drug-likeness (QED) is 0.542. The summed E-state index contributed by atoms with van der Waals surface area (Å²) in [6, 6.07) is 0. The van der Waals surface area contributed by atoms with E-state index >= 15 is 0 Å². The molecule has 4 nitrogen and oxygen atoms in total. The highest BCUT2D eigenvalue weighted by atomic mass is 32.2. The Hall–Kier alpha value is -0.970. The fourth-order valence-corrected chi connectivity index (χ4v) is 1.71. The number of aromatic amines is 1. The van der Waals surface area contributed by atoms with E-state index in [1.165, 1.54) is 0 Å². The van der Waals surface area contributed by atoms with E-state index in [-0.39, 0.29) is 6.42 Å². The normalized spacial score (nSPS) is 10.2. The molecule has 0 aliphatic rings. The fraction of sp³-hybridized carbons (Fsp3) is 0.500. The SMILES string of the molecule is O=C(O)CCCCSc1ncc[nH]1. The Morgan fingerprint density at radius 2 is 2.46 bits per heavy atom. The molecule has 0 aliphatic carbocycles. The molecule has 1 rings (SSSR count). The van der Waals surface area contributed by atoms with Crippen LogP contribution in [-0.2, 0) is 4.79 Å². The average Bonchev–Trinajstić information content (AvgIpc) is 2.55. The highest BCUT2D eigenvalue weighted by Crippen LogP contribution is 2.13. The average molecular weight is 200 g/mol. The molecule has 72 valence electrons. The van der Waals surface area contributed by atoms with Gasteiger partial charge in [-0.05, 0) is 12.8 Å². The first-order valence-electron chi connectivity index (χ1n) is 4.13. The second-order valence-electron chi connectivity index (χ2n) is 2.59. The highest BCUT2D eigenvalue weighted by Gasteiger charge is 1.98. The zero-order chi connectivity index (χ0) is 9.52. The second kappa shape index (κ2) is 5.64. The van der Waals surface area contributed by atoms with Gasteiger partial charge in [-0.15, -0.1) is 0 Å². The lowest BCUT2D eigenvalue weighted by Gasteiger charge is -1.96. The number of imidazole rings is 1. The van der Waals surface area contributed by atoms with Crippen LogP contribution < -0.4 is 0 Å². The van der Waals surface area contributed by atoms with E-state index in [0.29, 0.717) is 0 Å². The number of unbranched alkanes of at least 4 members (excludes halogenated alkanes) is 1. The van der Waals surface area contributed by atoms with Crippen molar-refractivity contribution in [3.8, 4) is 0 Å². The lowest BCUT2D eigenvalue weighted by atomic mass is 10.3. The van der Waals surface area contributed by atoms with E-state index in [4.69, 9.17) is 5.11 Å². The molecule has 1 aromatic heterocycles. The molecule has 0 atom stereocenters. The summed E-state index contributed by atoms with van der Waals surface area (Å²) in [7, 11) is 0. The van der Waals surface area contributed by atoms with Crippen molar-refractivity contribution in [1.29, 1.82) is 0 Å². The number of rotatable bonds is 6. The Labute approximate surface area is 80.8 Å². The summed E-state index contributed by atoms with van der Waals surface area (Å²) in [6.45, 7) is 0. The molecule has 0 saturated heterocycles. The van der Waals surface area contributed by atoms with Crippen LogP contribution in [0.15, 0.2) is 17.6 Å². The molecule has 0 fully saturated rings. The van der Waals surface area contributed by atoms with E-state index in [2.05, 4.69) is 9.97 Å². The monoisotopic (exact) mass is 200 g/mol. The minimum atomic E-state index is -0.719. The van der Waals surface area contributed by atoms with Gasteiger partial charge in [0.15, 0.2) is 5.16 Å². The molecule has 1 aromatic rings. The van der Waals surface area contributed by atoms with Crippen LogP contribution in [0.2, 0.25) is 0 Å². The van der Waals surface area contributed by atoms with Crippen molar-refractivity contribution in [3.05, 3.63) is 12.4 Å². The van der Waals surface area contributed by atoms with Crippen LogP contribution in [0.5, 0.6) is 0 Å². The maximum atomic E-state index is 10.2. The van der Waals surface area contributed by atoms with Gasteiger partial charge in [0, 0.05) is 24.6 Å². The van der Waals surface area contributed by atoms with Crippen LogP contribution in [0.4, 0.5) is 0 Å². The van der Waals surface area contributed by atoms with Gasteiger partial charge in [-0.2, -0.15) is 0 Å². The van der Waals surface area contributed by atoms with Gasteiger partial charge >= 0.3 is 5.97 Å². The van der Waals surface area contributed by atoms with Crippen LogP contribution in [0, 0.1) is 0 Å². The largest absolute Gasteiger partial charge is 0.481 e. The molecule has 0 amide bonds. The molecular weight excluding hydrogens is 188 g/mol. The Morgan fingerprint density at radius 3 is 3.08 bits per heavy atom. The number of carbonyl (C=O) groups is 1. The van der Waals surface area contributed by atoms with Gasteiger partial charge < -0.3 is 10.1 Å². The number of nitrogens with zero attached hydrogens (tertiary/aromatic N) is 1. The number of carboxylic acids is 1. The summed E-state index contributed by atoms with van der Waals surface area (Å²) < 4.78 is 0. The molecule has 0 radical (unpaired) electrons. The molecule has 5 heteroatoms. The lowest BCUT2D eigenvalue weighted by Crippen LogP contribution is -1.94. The summed E-state index contributed by atoms with van der Waals surface area (Å²) in [5, 5.41) is 9.27. The van der Waals surface area contributed by atoms with Crippen LogP contribution in [0.3, 0.4) is 0 Å². The van der Waals surface area contributed by atoms with E-state index < -0.39 is 5.97 Å². The van der Waals surface area contributed by atoms with Crippen molar-refractivity contribution < 1.29 is 9.90 Å². The van der Waals surface area contributed by atoms with Gasteiger partial charge in [0.05, 0.1) is 0 Å². The summed E-state index contributed by atoms with van der Waals surface area (Å²) in [4.78, 5) is 17.2. The second-order valence-corrected chi connectivity index (χ2v) is 3.68. The lowest BCUT2D eigenvalue weighted by molar-refractivity contribution is -0.137. The molecule has 0 bridgehead atoms. The molecular formula is C8H12N2O2S. The summed E-state index contributed by atoms with van der Waals surface area (Å²) in [6.07, 6.45) is 5.40. The van der Waals surface area contributed by atoms with Crippen molar-refractivity contribution in [2.75, 3.05) is 5.75 Å². The minimum absolute atomic E-state index is 0.263. The van der Waals surface area contributed by atoms with Gasteiger partial charge in [0.2, 0.25) is 0 Å². The zero-order valence-electron chi connectivity index (χ0n) is 7.19. The predicted octanol–water partition coefficient (Wildman–Crippen LogP) is 1.76. The van der Waals surface area contributed by atoms with Crippen molar-refractivity contribution in [2.24, 2.45) is 0 Å². The molecule has 2 N–H and O–H groups in total. The number of thioether (sulfide) groups is 1. The first-order chi connectivity index (χ1) is 6.29. The molecule has 0 spiro atoms. The molecule has 0 unspecified atom stereocenters. The topological polar surface area (TPSA) is 66.0 Å². The van der Waals surface area contributed by atoms with Gasteiger partial charge in [0.25, 0.3) is 0 Å². The number of hydrogen-bond donors (Lipinski definition) is 2. The molecule has 0 saturated carbocycles. The van der Waals surface area contributed by atoms with Crippen molar-refractivity contribution in [1.82, 2.24) is 9.97 Å². The van der Waals surface area contributed by atoms with Crippen molar-refractivity contribution in [3.63, 3.8) is 0 Å². The number of aromatic nitrogens is 2. The third-order valence-corrected chi connectivity index (χ3v) is 2.49. The third kappa shape index (κ3) is 4.57. The van der Waals surface area contributed by atoms with E-state index in [9.17, 15) is 4.79 Å². The van der Waals surface area contributed by atoms with Gasteiger partial charge in [-0.3, -0.25) is 4.79 Å². The smallest absolute Gasteiger partial charge is 0.303 e. The van der Waals surface area contributed by atoms with E-state index in [1.54, 1.807) is 24.2 Å². The van der Waals surface area contributed by atoms with Crippen LogP contribution in [0.1, 0.15) is 19.3 Å². The predicted molar refractivity (Wildman–Crippen MR) is 50.8 cm³/mol. The van der Waals surface area contributed by atoms with E-state index in [1.807, 2.05) is 0 Å². The molecule has 1 heterocycles. The summed E-state index contributed by atoms with van der Waals surface area (Å²) in [5.41, 5.74) is 0. The molecule has 0 aromatic carbocycles. The van der Waals surface area contributed by atoms with Crippen LogP contribution in [0.25, 0.3) is 0 Å². The van der Waals surface area contributed by atoms with Gasteiger partial charge in [0.1, 0.15) is 0 Å². The van der Waals surface area contributed by atoms with E-state index in [0.717, 1.165) is 23.8 Å². The van der Waals surface area contributed by atoms with Gasteiger partial charge in [-0.25, -0.2) is 4.98 Å². The van der Waals surface area contributed by atoms with Crippen LogP contribution >= 0.6 is 11.8 Å². The number of aliphatic carboxylic acids is 1. The fourth-order valence-electron chi connectivity index (χ4n) is 0.877.